The van der Waals surface area contributed by atoms with Crippen LogP contribution >= 0.6 is 22.6 Å². The zero-order valence-corrected chi connectivity index (χ0v) is 17.6. The van der Waals surface area contributed by atoms with E-state index in [9.17, 15) is 9.59 Å². The third-order valence-electron chi connectivity index (χ3n) is 4.91. The lowest BCUT2D eigenvalue weighted by Crippen LogP contribution is -2.40. The number of piperidine rings is 1. The summed E-state index contributed by atoms with van der Waals surface area (Å²) in [6, 6.07) is 12.9. The van der Waals surface area contributed by atoms with E-state index in [1.54, 1.807) is 26.4 Å². The van der Waals surface area contributed by atoms with E-state index in [0.29, 0.717) is 43.0 Å². The van der Waals surface area contributed by atoms with Crippen LogP contribution in [0.15, 0.2) is 42.5 Å². The van der Waals surface area contributed by atoms with Gasteiger partial charge in [-0.15, -0.1) is 0 Å². The Kier molecular flexibility index (Phi) is 6.36. The van der Waals surface area contributed by atoms with Gasteiger partial charge < -0.3 is 14.4 Å². The molecule has 0 aromatic heterocycles. The standard InChI is InChI=1S/C21H22INO4/c1-26-18-12-16(17(22)13-19(18)27-2)21(25)23-10-8-15(9-11-23)20(24)14-6-4-3-5-7-14/h3-7,12-13,15H,8-11H2,1-2H3. The molecular weight excluding hydrogens is 457 g/mol. The summed E-state index contributed by atoms with van der Waals surface area (Å²) in [5, 5.41) is 0. The summed E-state index contributed by atoms with van der Waals surface area (Å²) >= 11 is 2.14. The Hall–Kier alpha value is -2.09. The lowest BCUT2D eigenvalue weighted by Gasteiger charge is -2.31. The van der Waals surface area contributed by atoms with Gasteiger partial charge in [-0.1, -0.05) is 30.3 Å². The van der Waals surface area contributed by atoms with Crippen LogP contribution in [0.5, 0.6) is 11.5 Å². The van der Waals surface area contributed by atoms with Gasteiger partial charge in [0.15, 0.2) is 17.3 Å². The fraction of sp³-hybridized carbons (Fsp3) is 0.333. The molecule has 0 radical (unpaired) electrons. The van der Waals surface area contributed by atoms with E-state index in [1.165, 1.54) is 0 Å². The first-order valence-electron chi connectivity index (χ1n) is 8.85. The molecule has 6 heteroatoms. The van der Waals surface area contributed by atoms with Crippen LogP contribution in [0.3, 0.4) is 0 Å². The Morgan fingerprint density at radius 2 is 1.59 bits per heavy atom. The molecule has 0 unspecified atom stereocenters. The van der Waals surface area contributed by atoms with Crippen LogP contribution < -0.4 is 9.47 Å². The molecule has 1 heterocycles. The highest BCUT2D eigenvalue weighted by Crippen LogP contribution is 2.32. The molecule has 1 aliphatic heterocycles. The number of methoxy groups -OCH3 is 2. The monoisotopic (exact) mass is 479 g/mol. The first kappa shape index (κ1) is 19.7. The Balaban J connectivity index is 1.69. The summed E-state index contributed by atoms with van der Waals surface area (Å²) in [5.41, 5.74) is 1.35. The van der Waals surface area contributed by atoms with Crippen LogP contribution in [-0.2, 0) is 0 Å². The lowest BCUT2D eigenvalue weighted by molar-refractivity contribution is 0.0649. The molecular formula is C21H22INO4. The minimum absolute atomic E-state index is 0.0269. The van der Waals surface area contributed by atoms with Gasteiger partial charge in [0.05, 0.1) is 19.8 Å². The summed E-state index contributed by atoms with van der Waals surface area (Å²) < 4.78 is 11.4. The second kappa shape index (κ2) is 8.73. The third kappa shape index (κ3) is 4.26. The van der Waals surface area contributed by atoms with Crippen molar-refractivity contribution in [2.75, 3.05) is 27.3 Å². The van der Waals surface area contributed by atoms with Crippen LogP contribution in [0, 0.1) is 9.49 Å². The second-order valence-corrected chi connectivity index (χ2v) is 7.65. The van der Waals surface area contributed by atoms with E-state index in [0.717, 1.165) is 9.13 Å². The van der Waals surface area contributed by atoms with E-state index >= 15 is 0 Å². The van der Waals surface area contributed by atoms with Crippen molar-refractivity contribution in [1.82, 2.24) is 4.90 Å². The predicted molar refractivity (Wildman–Crippen MR) is 112 cm³/mol. The average molecular weight is 479 g/mol. The lowest BCUT2D eigenvalue weighted by atomic mass is 9.88. The van der Waals surface area contributed by atoms with Gasteiger partial charge in [0.2, 0.25) is 0 Å². The average Bonchev–Trinajstić information content (AvgIpc) is 2.73. The molecule has 1 saturated heterocycles. The van der Waals surface area contributed by atoms with Crippen LogP contribution in [0.2, 0.25) is 0 Å². The van der Waals surface area contributed by atoms with E-state index in [2.05, 4.69) is 22.6 Å². The van der Waals surface area contributed by atoms with Crippen molar-refractivity contribution in [3.8, 4) is 11.5 Å². The molecule has 1 amide bonds. The molecule has 0 bridgehead atoms. The Morgan fingerprint density at radius 1 is 1.00 bits per heavy atom. The molecule has 0 N–H and O–H groups in total. The molecule has 1 aliphatic rings. The van der Waals surface area contributed by atoms with Crippen molar-refractivity contribution >= 4 is 34.3 Å². The Labute approximate surface area is 172 Å². The molecule has 1 fully saturated rings. The minimum atomic E-state index is -0.0361. The number of nitrogens with zero attached hydrogens (tertiary/aromatic N) is 1. The van der Waals surface area contributed by atoms with Crippen molar-refractivity contribution in [3.05, 3.63) is 57.2 Å². The van der Waals surface area contributed by atoms with Crippen molar-refractivity contribution in [3.63, 3.8) is 0 Å². The number of benzene rings is 2. The number of halogens is 1. The van der Waals surface area contributed by atoms with E-state index in [1.807, 2.05) is 35.2 Å². The topological polar surface area (TPSA) is 55.8 Å². The van der Waals surface area contributed by atoms with Crippen LogP contribution in [0.4, 0.5) is 0 Å². The van der Waals surface area contributed by atoms with Gasteiger partial charge >= 0.3 is 0 Å². The van der Waals surface area contributed by atoms with Crippen molar-refractivity contribution < 1.29 is 19.1 Å². The predicted octanol–water partition coefficient (Wildman–Crippen LogP) is 4.04. The van der Waals surface area contributed by atoms with Crippen LogP contribution in [0.1, 0.15) is 33.6 Å². The molecule has 142 valence electrons. The number of amides is 1. The number of hydrogen-bond donors (Lipinski definition) is 0. The molecule has 2 aromatic rings. The van der Waals surface area contributed by atoms with Crippen molar-refractivity contribution in [2.24, 2.45) is 5.92 Å². The van der Waals surface area contributed by atoms with Gasteiger partial charge in [0.25, 0.3) is 5.91 Å². The Morgan fingerprint density at radius 3 is 2.19 bits per heavy atom. The minimum Gasteiger partial charge on any atom is -0.493 e. The van der Waals surface area contributed by atoms with E-state index in [-0.39, 0.29) is 17.6 Å². The van der Waals surface area contributed by atoms with E-state index < -0.39 is 0 Å². The normalized spacial score (nSPS) is 14.7. The highest BCUT2D eigenvalue weighted by atomic mass is 127. The van der Waals surface area contributed by atoms with Gasteiger partial charge in [-0.25, -0.2) is 0 Å². The number of carbonyl (C=O) groups excluding carboxylic acids is 2. The summed E-state index contributed by atoms with van der Waals surface area (Å²) in [7, 11) is 3.13. The maximum Gasteiger partial charge on any atom is 0.255 e. The maximum absolute atomic E-state index is 13.0. The summed E-state index contributed by atoms with van der Waals surface area (Å²) in [4.78, 5) is 27.4. The molecule has 5 nitrogen and oxygen atoms in total. The maximum atomic E-state index is 13.0. The quantitative estimate of drug-likeness (QED) is 0.480. The number of ketones is 1. The number of rotatable bonds is 5. The summed E-state index contributed by atoms with van der Waals surface area (Å²) in [6.07, 6.45) is 1.37. The van der Waals surface area contributed by atoms with Gasteiger partial charge in [0.1, 0.15) is 0 Å². The summed E-state index contributed by atoms with van der Waals surface area (Å²) in [5.74, 6) is 1.25. The number of ether oxygens (including phenoxy) is 2. The van der Waals surface area contributed by atoms with Crippen molar-refractivity contribution in [2.45, 2.75) is 12.8 Å². The van der Waals surface area contributed by atoms with Gasteiger partial charge in [-0.05, 0) is 47.6 Å². The Bertz CT molecular complexity index is 830. The number of Topliss-reactive ketones (excluding diaryl/α,β-unsaturated/α-hetero) is 1. The van der Waals surface area contributed by atoms with Gasteiger partial charge in [-0.2, -0.15) is 0 Å². The zero-order valence-electron chi connectivity index (χ0n) is 15.4. The number of carbonyl (C=O) groups is 2. The molecule has 27 heavy (non-hydrogen) atoms. The van der Waals surface area contributed by atoms with Crippen LogP contribution in [-0.4, -0.2) is 43.9 Å². The first-order chi connectivity index (χ1) is 13.0. The molecule has 0 spiro atoms. The van der Waals surface area contributed by atoms with Crippen LogP contribution in [0.25, 0.3) is 0 Å². The second-order valence-electron chi connectivity index (χ2n) is 6.48. The third-order valence-corrected chi connectivity index (χ3v) is 5.81. The smallest absolute Gasteiger partial charge is 0.255 e. The molecule has 0 saturated carbocycles. The van der Waals surface area contributed by atoms with Gasteiger partial charge in [0, 0.05) is 28.1 Å². The SMILES string of the molecule is COc1cc(I)c(C(=O)N2CCC(C(=O)c3ccccc3)CC2)cc1OC. The van der Waals surface area contributed by atoms with Crippen molar-refractivity contribution in [1.29, 1.82) is 0 Å². The number of hydrogen-bond acceptors (Lipinski definition) is 4. The molecule has 0 atom stereocenters. The molecule has 0 aliphatic carbocycles. The zero-order chi connectivity index (χ0) is 19.4. The number of likely N-dealkylation sites (tertiary alicyclic amines) is 1. The van der Waals surface area contributed by atoms with E-state index in [4.69, 9.17) is 9.47 Å². The summed E-state index contributed by atoms with van der Waals surface area (Å²) in [6.45, 7) is 1.15. The fourth-order valence-electron chi connectivity index (χ4n) is 3.37. The molecule has 2 aromatic carbocycles. The first-order valence-corrected chi connectivity index (χ1v) is 9.93. The van der Waals surface area contributed by atoms with Gasteiger partial charge in [-0.3, -0.25) is 9.59 Å². The molecule has 3 rings (SSSR count). The highest BCUT2D eigenvalue weighted by molar-refractivity contribution is 14.1. The largest absolute Gasteiger partial charge is 0.493 e. The highest BCUT2D eigenvalue weighted by Gasteiger charge is 2.29. The fourth-order valence-corrected chi connectivity index (χ4v) is 4.04.